The summed E-state index contributed by atoms with van der Waals surface area (Å²) in [6, 6.07) is 1.79. The Hall–Kier alpha value is -0.590. The van der Waals surface area contributed by atoms with E-state index in [4.69, 9.17) is 4.52 Å². The van der Waals surface area contributed by atoms with Gasteiger partial charge in [0.15, 0.2) is 5.82 Å². The lowest BCUT2D eigenvalue weighted by molar-refractivity contribution is -0.119. The van der Waals surface area contributed by atoms with E-state index >= 15 is 0 Å². The second kappa shape index (κ2) is 6.54. The van der Waals surface area contributed by atoms with Gasteiger partial charge in [-0.2, -0.15) is 0 Å². The number of carbonyl (C=O) groups is 1. The van der Waals surface area contributed by atoms with Crippen LogP contribution < -0.4 is 5.32 Å². The SMILES string of the molecule is CC(CCCI)C(=O)Nc1cc(C(C)(C)C)on1. The fourth-order valence-corrected chi connectivity index (χ4v) is 1.89. The summed E-state index contributed by atoms with van der Waals surface area (Å²) >= 11 is 2.32. The summed E-state index contributed by atoms with van der Waals surface area (Å²) in [6.45, 7) is 8.07. The first-order valence-electron chi connectivity index (χ1n) is 6.18. The molecule has 18 heavy (non-hydrogen) atoms. The van der Waals surface area contributed by atoms with E-state index in [1.807, 2.05) is 27.7 Å². The van der Waals surface area contributed by atoms with E-state index in [1.54, 1.807) is 6.07 Å². The number of nitrogens with zero attached hydrogens (tertiary/aromatic N) is 1. The fraction of sp³-hybridized carbons (Fsp3) is 0.692. The fourth-order valence-electron chi connectivity index (χ4n) is 1.45. The number of hydrogen-bond acceptors (Lipinski definition) is 3. The molecule has 0 aromatic carbocycles. The van der Waals surface area contributed by atoms with Crippen LogP contribution in [0.2, 0.25) is 0 Å². The molecule has 4 nitrogen and oxygen atoms in total. The lowest BCUT2D eigenvalue weighted by Crippen LogP contribution is -2.20. The lowest BCUT2D eigenvalue weighted by Gasteiger charge is -2.12. The Morgan fingerprint density at radius 3 is 2.72 bits per heavy atom. The highest BCUT2D eigenvalue weighted by Crippen LogP contribution is 2.24. The molecule has 1 aromatic heterocycles. The highest BCUT2D eigenvalue weighted by molar-refractivity contribution is 14.1. The summed E-state index contributed by atoms with van der Waals surface area (Å²) in [5, 5.41) is 6.67. The van der Waals surface area contributed by atoms with Gasteiger partial charge in [0.25, 0.3) is 0 Å². The van der Waals surface area contributed by atoms with Crippen LogP contribution in [0.15, 0.2) is 10.6 Å². The van der Waals surface area contributed by atoms with Gasteiger partial charge >= 0.3 is 0 Å². The maximum Gasteiger partial charge on any atom is 0.228 e. The van der Waals surface area contributed by atoms with Crippen LogP contribution in [-0.2, 0) is 10.2 Å². The molecule has 1 atom stereocenters. The van der Waals surface area contributed by atoms with Crippen molar-refractivity contribution in [1.29, 1.82) is 0 Å². The zero-order valence-corrected chi connectivity index (χ0v) is 13.6. The Morgan fingerprint density at radius 2 is 2.22 bits per heavy atom. The van der Waals surface area contributed by atoms with Gasteiger partial charge in [0, 0.05) is 17.4 Å². The highest BCUT2D eigenvalue weighted by Gasteiger charge is 2.21. The summed E-state index contributed by atoms with van der Waals surface area (Å²) in [7, 11) is 0. The molecule has 1 aromatic rings. The van der Waals surface area contributed by atoms with Crippen molar-refractivity contribution < 1.29 is 9.32 Å². The minimum atomic E-state index is -0.0944. The maximum absolute atomic E-state index is 11.9. The Labute approximate surface area is 122 Å². The molecule has 0 aliphatic rings. The van der Waals surface area contributed by atoms with Crippen molar-refractivity contribution >= 4 is 34.3 Å². The van der Waals surface area contributed by atoms with Crippen LogP contribution in [-0.4, -0.2) is 15.5 Å². The van der Waals surface area contributed by atoms with Gasteiger partial charge in [-0.3, -0.25) is 4.79 Å². The standard InChI is InChI=1S/C13H21IN2O2/c1-9(6-5-7-14)12(17)15-11-8-10(18-16-11)13(2,3)4/h8-9H,5-7H2,1-4H3,(H,15,16,17). The Balaban J connectivity index is 2.57. The van der Waals surface area contributed by atoms with Gasteiger partial charge in [0.2, 0.25) is 5.91 Å². The van der Waals surface area contributed by atoms with Gasteiger partial charge in [0.1, 0.15) is 5.76 Å². The van der Waals surface area contributed by atoms with Crippen LogP contribution in [0.25, 0.3) is 0 Å². The van der Waals surface area contributed by atoms with Crippen molar-refractivity contribution in [2.75, 3.05) is 9.74 Å². The predicted molar refractivity (Wildman–Crippen MR) is 81.1 cm³/mol. The summed E-state index contributed by atoms with van der Waals surface area (Å²) in [6.07, 6.45) is 1.96. The van der Waals surface area contributed by atoms with Crippen molar-refractivity contribution in [2.24, 2.45) is 5.92 Å². The summed E-state index contributed by atoms with van der Waals surface area (Å²) in [4.78, 5) is 11.9. The Morgan fingerprint density at radius 1 is 1.56 bits per heavy atom. The van der Waals surface area contributed by atoms with Crippen LogP contribution >= 0.6 is 22.6 Å². The molecule has 0 spiro atoms. The molecule has 1 rings (SSSR count). The molecular formula is C13H21IN2O2. The van der Waals surface area contributed by atoms with Gasteiger partial charge in [-0.15, -0.1) is 0 Å². The number of halogens is 1. The minimum Gasteiger partial charge on any atom is -0.359 e. The first kappa shape index (κ1) is 15.5. The summed E-state index contributed by atoms with van der Waals surface area (Å²) < 4.78 is 6.30. The van der Waals surface area contributed by atoms with Crippen molar-refractivity contribution in [3.63, 3.8) is 0 Å². The van der Waals surface area contributed by atoms with E-state index in [1.165, 1.54) is 0 Å². The number of alkyl halides is 1. The predicted octanol–water partition coefficient (Wildman–Crippen LogP) is 3.76. The zero-order valence-electron chi connectivity index (χ0n) is 11.4. The first-order chi connectivity index (χ1) is 8.34. The lowest BCUT2D eigenvalue weighted by atomic mass is 9.93. The van der Waals surface area contributed by atoms with Gasteiger partial charge < -0.3 is 9.84 Å². The number of aromatic nitrogens is 1. The molecule has 0 saturated heterocycles. The number of carbonyl (C=O) groups excluding carboxylic acids is 1. The average molecular weight is 364 g/mol. The molecule has 0 saturated carbocycles. The van der Waals surface area contributed by atoms with Gasteiger partial charge in [-0.1, -0.05) is 55.4 Å². The minimum absolute atomic E-state index is 0.00797. The molecule has 0 radical (unpaired) electrons. The third kappa shape index (κ3) is 4.59. The smallest absolute Gasteiger partial charge is 0.228 e. The molecule has 0 aliphatic carbocycles. The molecule has 1 N–H and O–H groups in total. The van der Waals surface area contributed by atoms with Crippen LogP contribution in [0.4, 0.5) is 5.82 Å². The Bertz CT molecular complexity index is 396. The highest BCUT2D eigenvalue weighted by atomic mass is 127. The number of amides is 1. The van der Waals surface area contributed by atoms with E-state index in [0.717, 1.165) is 23.0 Å². The monoisotopic (exact) mass is 364 g/mol. The molecule has 0 aliphatic heterocycles. The summed E-state index contributed by atoms with van der Waals surface area (Å²) in [5.74, 6) is 1.30. The van der Waals surface area contributed by atoms with E-state index in [9.17, 15) is 4.79 Å². The number of rotatable bonds is 5. The van der Waals surface area contributed by atoms with E-state index in [-0.39, 0.29) is 17.2 Å². The second-order valence-electron chi connectivity index (χ2n) is 5.55. The largest absolute Gasteiger partial charge is 0.359 e. The number of anilines is 1. The third-order valence-corrected chi connectivity index (χ3v) is 3.48. The van der Waals surface area contributed by atoms with Crippen molar-refractivity contribution in [1.82, 2.24) is 5.16 Å². The topological polar surface area (TPSA) is 55.1 Å². The van der Waals surface area contributed by atoms with Crippen molar-refractivity contribution in [2.45, 2.75) is 46.0 Å². The van der Waals surface area contributed by atoms with Crippen molar-refractivity contribution in [3.05, 3.63) is 11.8 Å². The number of nitrogens with one attached hydrogen (secondary N) is 1. The van der Waals surface area contributed by atoms with Gasteiger partial charge in [0.05, 0.1) is 0 Å². The van der Waals surface area contributed by atoms with Crippen LogP contribution in [0.3, 0.4) is 0 Å². The average Bonchev–Trinajstić information content (AvgIpc) is 2.73. The Kier molecular flexibility index (Phi) is 5.62. The maximum atomic E-state index is 11.9. The molecule has 1 heterocycles. The quantitative estimate of drug-likeness (QED) is 0.639. The molecule has 0 fully saturated rings. The normalized spacial score (nSPS) is 13.4. The molecule has 102 valence electrons. The van der Waals surface area contributed by atoms with Crippen LogP contribution in [0, 0.1) is 5.92 Å². The molecule has 1 amide bonds. The van der Waals surface area contributed by atoms with E-state index in [0.29, 0.717) is 5.82 Å². The van der Waals surface area contributed by atoms with E-state index in [2.05, 4.69) is 33.1 Å². The molecule has 5 heteroatoms. The second-order valence-corrected chi connectivity index (χ2v) is 6.63. The van der Waals surface area contributed by atoms with E-state index < -0.39 is 0 Å². The first-order valence-corrected chi connectivity index (χ1v) is 7.71. The van der Waals surface area contributed by atoms with Crippen LogP contribution in [0.5, 0.6) is 0 Å². The molecular weight excluding hydrogens is 343 g/mol. The van der Waals surface area contributed by atoms with Gasteiger partial charge in [-0.25, -0.2) is 0 Å². The zero-order chi connectivity index (χ0) is 13.8. The molecule has 1 unspecified atom stereocenters. The van der Waals surface area contributed by atoms with Crippen molar-refractivity contribution in [3.8, 4) is 0 Å². The van der Waals surface area contributed by atoms with Crippen LogP contribution in [0.1, 0.15) is 46.3 Å². The van der Waals surface area contributed by atoms with Gasteiger partial charge in [-0.05, 0) is 17.3 Å². The molecule has 0 bridgehead atoms. The third-order valence-electron chi connectivity index (χ3n) is 2.72. The number of hydrogen-bond donors (Lipinski definition) is 1. The summed E-state index contributed by atoms with van der Waals surface area (Å²) in [5.41, 5.74) is -0.0944.